The van der Waals surface area contributed by atoms with Crippen molar-refractivity contribution < 1.29 is 4.79 Å². The van der Waals surface area contributed by atoms with Crippen molar-refractivity contribution in [2.75, 3.05) is 5.32 Å². The van der Waals surface area contributed by atoms with Gasteiger partial charge in [0.05, 0.1) is 6.04 Å². The van der Waals surface area contributed by atoms with Gasteiger partial charge >= 0.3 is 0 Å². The van der Waals surface area contributed by atoms with E-state index in [9.17, 15) is 4.79 Å². The molecule has 4 rings (SSSR count). The van der Waals surface area contributed by atoms with Crippen LogP contribution in [0, 0.1) is 5.92 Å². The van der Waals surface area contributed by atoms with E-state index >= 15 is 0 Å². The molecule has 2 aliphatic rings. The molecule has 3 nitrogen and oxygen atoms in total. The van der Waals surface area contributed by atoms with E-state index in [-0.39, 0.29) is 18.0 Å². The van der Waals surface area contributed by atoms with Crippen molar-refractivity contribution in [3.63, 3.8) is 0 Å². The molecule has 0 spiro atoms. The van der Waals surface area contributed by atoms with Crippen LogP contribution in [0.2, 0.25) is 5.02 Å². The summed E-state index contributed by atoms with van der Waals surface area (Å²) in [6.45, 7) is 4.11. The van der Waals surface area contributed by atoms with E-state index in [0.29, 0.717) is 11.8 Å². The lowest BCUT2D eigenvalue weighted by atomic mass is 9.76. The van der Waals surface area contributed by atoms with Crippen LogP contribution >= 0.6 is 11.6 Å². The van der Waals surface area contributed by atoms with Crippen molar-refractivity contribution in [1.29, 1.82) is 0 Å². The maximum Gasteiger partial charge on any atom is 0.251 e. The summed E-state index contributed by atoms with van der Waals surface area (Å²) in [5.74, 6) is 0.757. The second kappa shape index (κ2) is 7.40. The first-order chi connectivity index (χ1) is 13.1. The lowest BCUT2D eigenvalue weighted by Gasteiger charge is -2.37. The summed E-state index contributed by atoms with van der Waals surface area (Å²) < 4.78 is 0. The standard InChI is InChI=1S/C23H25ClN2O/c1-3-14(2)25-23(27)16-10-11-21-20(13-16)18-8-5-9-19(18)22(26-21)15-6-4-7-17(24)12-15/h4-8,10-14,18-19,22,26H,3,9H2,1-2H3,(H,25,27). The molecule has 2 N–H and O–H groups in total. The Morgan fingerprint density at radius 2 is 2.15 bits per heavy atom. The Labute approximate surface area is 165 Å². The van der Waals surface area contributed by atoms with E-state index in [4.69, 9.17) is 11.6 Å². The van der Waals surface area contributed by atoms with Crippen LogP contribution in [0.5, 0.6) is 0 Å². The number of halogens is 1. The fraction of sp³-hybridized carbons (Fsp3) is 0.348. The molecule has 0 saturated heterocycles. The number of fused-ring (bicyclic) bond motifs is 3. The quantitative estimate of drug-likeness (QED) is 0.668. The smallest absolute Gasteiger partial charge is 0.251 e. The number of amides is 1. The zero-order chi connectivity index (χ0) is 19.0. The van der Waals surface area contributed by atoms with Crippen LogP contribution in [0.4, 0.5) is 5.69 Å². The molecule has 1 heterocycles. The zero-order valence-corrected chi connectivity index (χ0v) is 16.5. The SMILES string of the molecule is CCC(C)NC(=O)c1ccc2c(c1)C1C=CCC1C(c1cccc(Cl)c1)N2. The fourth-order valence-corrected chi connectivity index (χ4v) is 4.37. The molecule has 1 aliphatic heterocycles. The highest BCUT2D eigenvalue weighted by Crippen LogP contribution is 2.50. The minimum absolute atomic E-state index is 0.00245. The average molecular weight is 381 g/mol. The monoisotopic (exact) mass is 380 g/mol. The maximum absolute atomic E-state index is 12.6. The first-order valence-corrected chi connectivity index (χ1v) is 10.1. The average Bonchev–Trinajstić information content (AvgIpc) is 3.17. The van der Waals surface area contributed by atoms with Crippen LogP contribution in [0.25, 0.3) is 0 Å². The predicted molar refractivity (Wildman–Crippen MR) is 111 cm³/mol. The van der Waals surface area contributed by atoms with Gasteiger partial charge in [0.2, 0.25) is 0 Å². The maximum atomic E-state index is 12.6. The van der Waals surface area contributed by atoms with Gasteiger partial charge in [0, 0.05) is 28.2 Å². The molecule has 2 aromatic carbocycles. The first kappa shape index (κ1) is 18.1. The van der Waals surface area contributed by atoms with E-state index < -0.39 is 0 Å². The molecular formula is C23H25ClN2O. The third-order valence-electron chi connectivity index (χ3n) is 5.82. The largest absolute Gasteiger partial charge is 0.378 e. The molecule has 4 heteroatoms. The predicted octanol–water partition coefficient (Wildman–Crippen LogP) is 5.69. The van der Waals surface area contributed by atoms with Crippen LogP contribution in [0.15, 0.2) is 54.6 Å². The molecule has 1 aliphatic carbocycles. The first-order valence-electron chi connectivity index (χ1n) is 9.70. The molecule has 0 bridgehead atoms. The lowest BCUT2D eigenvalue weighted by Crippen LogP contribution is -2.33. The van der Waals surface area contributed by atoms with Crippen LogP contribution in [-0.4, -0.2) is 11.9 Å². The highest BCUT2D eigenvalue weighted by Gasteiger charge is 2.38. The number of benzene rings is 2. The van der Waals surface area contributed by atoms with E-state index in [0.717, 1.165) is 29.1 Å². The number of anilines is 1. The van der Waals surface area contributed by atoms with Crippen LogP contribution in [-0.2, 0) is 0 Å². The Balaban J connectivity index is 1.66. The molecule has 0 fully saturated rings. The summed E-state index contributed by atoms with van der Waals surface area (Å²) in [6, 6.07) is 14.5. The highest BCUT2D eigenvalue weighted by atomic mass is 35.5. The second-order valence-corrected chi connectivity index (χ2v) is 8.05. The fourth-order valence-electron chi connectivity index (χ4n) is 4.17. The molecule has 2 aromatic rings. The van der Waals surface area contributed by atoms with Crippen molar-refractivity contribution in [2.24, 2.45) is 5.92 Å². The van der Waals surface area contributed by atoms with Crippen molar-refractivity contribution in [2.45, 2.75) is 44.7 Å². The Bertz CT molecular complexity index is 892. The van der Waals surface area contributed by atoms with Crippen molar-refractivity contribution in [1.82, 2.24) is 5.32 Å². The number of carbonyl (C=O) groups excluding carboxylic acids is 1. The lowest BCUT2D eigenvalue weighted by molar-refractivity contribution is 0.0939. The van der Waals surface area contributed by atoms with Gasteiger partial charge in [-0.1, -0.05) is 42.8 Å². The van der Waals surface area contributed by atoms with Crippen LogP contribution in [0.3, 0.4) is 0 Å². The molecule has 4 atom stereocenters. The molecule has 4 unspecified atom stereocenters. The van der Waals surface area contributed by atoms with Gasteiger partial charge < -0.3 is 10.6 Å². The summed E-state index contributed by atoms with van der Waals surface area (Å²) in [7, 11) is 0. The Morgan fingerprint density at radius 3 is 2.93 bits per heavy atom. The van der Waals surface area contributed by atoms with Gasteiger partial charge in [-0.3, -0.25) is 4.79 Å². The number of nitrogens with one attached hydrogen (secondary N) is 2. The second-order valence-electron chi connectivity index (χ2n) is 7.62. The van der Waals surface area contributed by atoms with Crippen LogP contribution in [0.1, 0.15) is 60.1 Å². The molecule has 1 amide bonds. The third-order valence-corrected chi connectivity index (χ3v) is 6.06. The van der Waals surface area contributed by atoms with Crippen molar-refractivity contribution >= 4 is 23.2 Å². The molecule has 0 aromatic heterocycles. The van der Waals surface area contributed by atoms with E-state index in [1.54, 1.807) is 0 Å². The van der Waals surface area contributed by atoms with Gasteiger partial charge in [-0.2, -0.15) is 0 Å². The summed E-state index contributed by atoms with van der Waals surface area (Å²) in [5, 5.41) is 7.52. The minimum Gasteiger partial charge on any atom is -0.378 e. The Kier molecular flexibility index (Phi) is 4.96. The summed E-state index contributed by atoms with van der Waals surface area (Å²) in [5.41, 5.74) is 4.26. The minimum atomic E-state index is 0.00245. The van der Waals surface area contributed by atoms with Crippen molar-refractivity contribution in [3.05, 3.63) is 76.3 Å². The zero-order valence-electron chi connectivity index (χ0n) is 15.7. The van der Waals surface area contributed by atoms with Gasteiger partial charge in [-0.05, 0) is 67.1 Å². The number of hydrogen-bond donors (Lipinski definition) is 2. The number of allylic oxidation sites excluding steroid dienone is 2. The van der Waals surface area contributed by atoms with Gasteiger partial charge in [0.1, 0.15) is 0 Å². The topological polar surface area (TPSA) is 41.1 Å². The van der Waals surface area contributed by atoms with Crippen molar-refractivity contribution in [3.8, 4) is 0 Å². The van der Waals surface area contributed by atoms with Gasteiger partial charge in [-0.25, -0.2) is 0 Å². The molecule has 0 saturated carbocycles. The summed E-state index contributed by atoms with van der Waals surface area (Å²) >= 11 is 6.23. The summed E-state index contributed by atoms with van der Waals surface area (Å²) in [6.07, 6.45) is 6.50. The normalized spacial score (nSPS) is 23.9. The Morgan fingerprint density at radius 1 is 1.30 bits per heavy atom. The van der Waals surface area contributed by atoms with Crippen LogP contribution < -0.4 is 10.6 Å². The third kappa shape index (κ3) is 3.49. The molecule has 27 heavy (non-hydrogen) atoms. The van der Waals surface area contributed by atoms with E-state index in [1.165, 1.54) is 11.1 Å². The molecule has 140 valence electrons. The highest BCUT2D eigenvalue weighted by molar-refractivity contribution is 6.30. The van der Waals surface area contributed by atoms with E-state index in [2.05, 4.69) is 41.8 Å². The summed E-state index contributed by atoms with van der Waals surface area (Å²) in [4.78, 5) is 12.6. The van der Waals surface area contributed by atoms with E-state index in [1.807, 2.05) is 37.3 Å². The Hall–Kier alpha value is -2.26. The van der Waals surface area contributed by atoms with Gasteiger partial charge in [0.15, 0.2) is 0 Å². The molecule has 0 radical (unpaired) electrons. The van der Waals surface area contributed by atoms with Gasteiger partial charge in [-0.15, -0.1) is 0 Å². The van der Waals surface area contributed by atoms with Gasteiger partial charge in [0.25, 0.3) is 5.91 Å². The number of carbonyl (C=O) groups is 1. The number of hydrogen-bond acceptors (Lipinski definition) is 2. The number of rotatable bonds is 4. The molecular weight excluding hydrogens is 356 g/mol.